The number of anilines is 1. The first kappa shape index (κ1) is 22.7. The second-order valence-corrected chi connectivity index (χ2v) is 9.73. The average Bonchev–Trinajstić information content (AvgIpc) is 2.80. The molecule has 0 unspecified atom stereocenters. The highest BCUT2D eigenvalue weighted by Crippen LogP contribution is 2.32. The van der Waals surface area contributed by atoms with Crippen LogP contribution >= 0.6 is 0 Å². The predicted molar refractivity (Wildman–Crippen MR) is 126 cm³/mol. The Balaban J connectivity index is 1.46. The van der Waals surface area contributed by atoms with E-state index >= 15 is 0 Å². The summed E-state index contributed by atoms with van der Waals surface area (Å²) in [5, 5.41) is 2.97. The van der Waals surface area contributed by atoms with Crippen LogP contribution in [-0.4, -0.2) is 27.5 Å². The molecule has 1 aliphatic heterocycles. The molecule has 0 radical (unpaired) electrons. The van der Waals surface area contributed by atoms with Crippen molar-refractivity contribution in [1.82, 2.24) is 5.32 Å². The second kappa shape index (κ2) is 9.15. The Bertz CT molecular complexity index is 1290. The third-order valence-corrected chi connectivity index (χ3v) is 6.86. The Morgan fingerprint density at radius 1 is 0.909 bits per heavy atom. The van der Waals surface area contributed by atoms with Gasteiger partial charge in [0.2, 0.25) is 0 Å². The van der Waals surface area contributed by atoms with E-state index in [4.69, 9.17) is 9.47 Å². The monoisotopic (exact) mass is 466 g/mol. The van der Waals surface area contributed by atoms with E-state index in [-0.39, 0.29) is 16.8 Å². The summed E-state index contributed by atoms with van der Waals surface area (Å²) in [5.41, 5.74) is 3.38. The van der Waals surface area contributed by atoms with Crippen LogP contribution in [0.4, 0.5) is 5.69 Å². The summed E-state index contributed by atoms with van der Waals surface area (Å²) in [6, 6.07) is 16.8. The van der Waals surface area contributed by atoms with Crippen molar-refractivity contribution >= 4 is 21.6 Å². The smallest absolute Gasteiger partial charge is 0.261 e. The second-order valence-electron chi connectivity index (χ2n) is 8.05. The van der Waals surface area contributed by atoms with Gasteiger partial charge in [-0.1, -0.05) is 23.8 Å². The van der Waals surface area contributed by atoms with Crippen molar-refractivity contribution in [1.29, 1.82) is 0 Å². The molecule has 3 aromatic rings. The molecular formula is C25H26N2O5S. The lowest BCUT2D eigenvalue weighted by atomic mass is 10.1. The van der Waals surface area contributed by atoms with Gasteiger partial charge in [0.25, 0.3) is 15.9 Å². The van der Waals surface area contributed by atoms with Gasteiger partial charge in [0.05, 0.1) is 16.6 Å². The van der Waals surface area contributed by atoms with Crippen LogP contribution in [0.25, 0.3) is 0 Å². The molecule has 3 aromatic carbocycles. The number of rotatable bonds is 6. The van der Waals surface area contributed by atoms with E-state index in [1.807, 2.05) is 32.0 Å². The molecule has 1 heterocycles. The van der Waals surface area contributed by atoms with Crippen molar-refractivity contribution < 1.29 is 22.7 Å². The summed E-state index contributed by atoms with van der Waals surface area (Å²) in [4.78, 5) is 13.0. The number of carbonyl (C=O) groups excluding carboxylic acids is 1. The van der Waals surface area contributed by atoms with Crippen LogP contribution in [0.2, 0.25) is 0 Å². The van der Waals surface area contributed by atoms with E-state index in [1.54, 1.807) is 49.4 Å². The van der Waals surface area contributed by atoms with Crippen molar-refractivity contribution in [2.75, 3.05) is 17.9 Å². The van der Waals surface area contributed by atoms with E-state index < -0.39 is 10.0 Å². The van der Waals surface area contributed by atoms with Gasteiger partial charge < -0.3 is 14.8 Å². The average molecular weight is 467 g/mol. The van der Waals surface area contributed by atoms with Gasteiger partial charge in [-0.2, -0.15) is 0 Å². The minimum atomic E-state index is -3.72. The zero-order chi connectivity index (χ0) is 23.6. The fourth-order valence-electron chi connectivity index (χ4n) is 3.53. The predicted octanol–water partition coefficient (Wildman–Crippen LogP) is 4.37. The van der Waals surface area contributed by atoms with Gasteiger partial charge in [0, 0.05) is 5.56 Å². The third-order valence-electron chi connectivity index (χ3n) is 5.48. The van der Waals surface area contributed by atoms with Gasteiger partial charge >= 0.3 is 0 Å². The molecule has 2 N–H and O–H groups in total. The zero-order valence-corrected chi connectivity index (χ0v) is 19.5. The number of sulfonamides is 1. The molecule has 1 aliphatic rings. The Labute approximate surface area is 193 Å². The molecule has 172 valence electrons. The van der Waals surface area contributed by atoms with Crippen molar-refractivity contribution in [3.63, 3.8) is 0 Å². The molecule has 4 rings (SSSR count). The van der Waals surface area contributed by atoms with Crippen LogP contribution in [-0.2, 0) is 10.0 Å². The topological polar surface area (TPSA) is 93.7 Å². The fourth-order valence-corrected chi connectivity index (χ4v) is 4.66. The molecule has 0 aliphatic carbocycles. The van der Waals surface area contributed by atoms with E-state index in [1.165, 1.54) is 0 Å². The minimum absolute atomic E-state index is 0.183. The number of ether oxygens (including phenoxy) is 2. The Hall–Kier alpha value is -3.52. The van der Waals surface area contributed by atoms with Crippen LogP contribution in [0.5, 0.6) is 11.5 Å². The van der Waals surface area contributed by atoms with Gasteiger partial charge in [-0.05, 0) is 74.4 Å². The normalized spacial score (nSPS) is 13.8. The van der Waals surface area contributed by atoms with Gasteiger partial charge in [-0.3, -0.25) is 9.52 Å². The first-order valence-electron chi connectivity index (χ1n) is 10.6. The van der Waals surface area contributed by atoms with Crippen LogP contribution in [0.1, 0.15) is 40.0 Å². The fraction of sp³-hybridized carbons (Fsp3) is 0.240. The molecule has 8 heteroatoms. The number of fused-ring (bicyclic) bond motifs is 1. The Morgan fingerprint density at radius 2 is 1.61 bits per heavy atom. The van der Waals surface area contributed by atoms with Crippen LogP contribution in [0.15, 0.2) is 65.6 Å². The van der Waals surface area contributed by atoms with E-state index in [2.05, 4.69) is 10.0 Å². The number of nitrogens with one attached hydrogen (secondary N) is 2. The van der Waals surface area contributed by atoms with Crippen molar-refractivity contribution in [2.24, 2.45) is 0 Å². The third kappa shape index (κ3) is 5.12. The van der Waals surface area contributed by atoms with Gasteiger partial charge in [-0.25, -0.2) is 8.42 Å². The first-order chi connectivity index (χ1) is 15.7. The lowest BCUT2D eigenvalue weighted by Crippen LogP contribution is -2.27. The molecule has 0 spiro atoms. The first-order valence-corrected chi connectivity index (χ1v) is 12.1. The number of hydrogen-bond acceptors (Lipinski definition) is 5. The van der Waals surface area contributed by atoms with Gasteiger partial charge in [-0.15, -0.1) is 0 Å². The van der Waals surface area contributed by atoms with E-state index in [9.17, 15) is 13.2 Å². The number of carbonyl (C=O) groups is 1. The van der Waals surface area contributed by atoms with Crippen molar-refractivity contribution in [2.45, 2.75) is 31.7 Å². The van der Waals surface area contributed by atoms with Crippen molar-refractivity contribution in [3.05, 3.63) is 82.9 Å². The number of hydrogen-bond donors (Lipinski definition) is 2. The molecule has 0 saturated heterocycles. The summed E-state index contributed by atoms with van der Waals surface area (Å²) in [5.74, 6) is 1.11. The molecule has 33 heavy (non-hydrogen) atoms. The highest BCUT2D eigenvalue weighted by Gasteiger charge is 2.18. The summed E-state index contributed by atoms with van der Waals surface area (Å²) < 4.78 is 39.1. The van der Waals surface area contributed by atoms with Crippen LogP contribution in [0.3, 0.4) is 0 Å². The summed E-state index contributed by atoms with van der Waals surface area (Å²) in [6.45, 7) is 6.56. The lowest BCUT2D eigenvalue weighted by molar-refractivity contribution is 0.0939. The summed E-state index contributed by atoms with van der Waals surface area (Å²) >= 11 is 0. The maximum atomic E-state index is 12.8. The summed E-state index contributed by atoms with van der Waals surface area (Å²) in [6.07, 6.45) is 0. The molecule has 1 amide bonds. The lowest BCUT2D eigenvalue weighted by Gasteiger charge is -2.21. The van der Waals surface area contributed by atoms with E-state index in [0.717, 1.165) is 11.1 Å². The molecular weight excluding hydrogens is 440 g/mol. The van der Waals surface area contributed by atoms with Crippen molar-refractivity contribution in [3.8, 4) is 11.5 Å². The maximum Gasteiger partial charge on any atom is 0.261 e. The Morgan fingerprint density at radius 3 is 2.30 bits per heavy atom. The number of aryl methyl sites for hydroxylation is 2. The zero-order valence-electron chi connectivity index (χ0n) is 18.7. The molecule has 7 nitrogen and oxygen atoms in total. The SMILES string of the molecule is Cc1ccc(S(=O)(=O)Nc2ccc(C(=O)N[C@H](C)c3ccc4c(c3)OCCO4)cc2C)cc1. The summed E-state index contributed by atoms with van der Waals surface area (Å²) in [7, 11) is -3.72. The maximum absolute atomic E-state index is 12.8. The van der Waals surface area contributed by atoms with Gasteiger partial charge in [0.15, 0.2) is 11.5 Å². The van der Waals surface area contributed by atoms with Crippen LogP contribution in [0, 0.1) is 13.8 Å². The minimum Gasteiger partial charge on any atom is -0.486 e. The molecule has 0 aromatic heterocycles. The molecule has 0 saturated carbocycles. The number of amides is 1. The van der Waals surface area contributed by atoms with E-state index in [0.29, 0.717) is 41.5 Å². The Kier molecular flexibility index (Phi) is 6.29. The standard InChI is InChI=1S/C25H26N2O5S/c1-16-4-8-21(9-5-16)33(29,30)27-22-10-6-20(14-17(22)2)25(28)26-18(3)19-7-11-23-24(15-19)32-13-12-31-23/h4-11,14-15,18,27H,12-13H2,1-3H3,(H,26,28)/t18-/m1/s1. The van der Waals surface area contributed by atoms with Crippen LogP contribution < -0.4 is 19.5 Å². The molecule has 1 atom stereocenters. The highest BCUT2D eigenvalue weighted by molar-refractivity contribution is 7.92. The largest absolute Gasteiger partial charge is 0.486 e. The van der Waals surface area contributed by atoms with Gasteiger partial charge in [0.1, 0.15) is 13.2 Å². The molecule has 0 bridgehead atoms. The molecule has 0 fully saturated rings. The number of benzene rings is 3. The quantitative estimate of drug-likeness (QED) is 0.563. The highest BCUT2D eigenvalue weighted by atomic mass is 32.2.